The summed E-state index contributed by atoms with van der Waals surface area (Å²) in [7, 11) is 0. The normalized spacial score (nSPS) is 11.2. The molecule has 29 heavy (non-hydrogen) atoms. The van der Waals surface area contributed by atoms with E-state index in [-0.39, 0.29) is 17.7 Å². The molecule has 0 saturated heterocycles. The molecular formula is C23H23ClN2O3. The first kappa shape index (κ1) is 20.7. The van der Waals surface area contributed by atoms with E-state index in [9.17, 15) is 4.79 Å². The minimum atomic E-state index is -0.361. The Balaban J connectivity index is 1.58. The molecule has 3 rings (SSSR count). The molecule has 1 N–H and O–H groups in total. The molecule has 0 aliphatic rings. The topological polar surface area (TPSA) is 63.8 Å². The number of hydrogen-bond donors (Lipinski definition) is 1. The fourth-order valence-corrected chi connectivity index (χ4v) is 3.00. The number of furan rings is 1. The summed E-state index contributed by atoms with van der Waals surface area (Å²) < 4.78 is 11.2. The molecule has 6 heteroatoms. The van der Waals surface area contributed by atoms with Crippen molar-refractivity contribution in [1.29, 1.82) is 0 Å². The van der Waals surface area contributed by atoms with Crippen molar-refractivity contribution in [2.24, 2.45) is 5.10 Å². The van der Waals surface area contributed by atoms with Gasteiger partial charge in [-0.05, 0) is 47.7 Å². The predicted octanol–water partition coefficient (Wildman–Crippen LogP) is 5.56. The highest BCUT2D eigenvalue weighted by atomic mass is 35.5. The molecule has 0 atom stereocenters. The molecule has 0 saturated carbocycles. The average molecular weight is 411 g/mol. The summed E-state index contributed by atoms with van der Waals surface area (Å²) in [4.78, 5) is 12.1. The van der Waals surface area contributed by atoms with Crippen LogP contribution in [-0.4, -0.2) is 18.7 Å². The second kappa shape index (κ2) is 9.43. The molecule has 150 valence electrons. The van der Waals surface area contributed by atoms with Crippen molar-refractivity contribution in [3.8, 4) is 17.1 Å². The molecular weight excluding hydrogens is 388 g/mol. The molecule has 0 aliphatic carbocycles. The quantitative estimate of drug-likeness (QED) is 0.409. The van der Waals surface area contributed by atoms with Gasteiger partial charge in [-0.1, -0.05) is 56.3 Å². The van der Waals surface area contributed by atoms with E-state index in [0.717, 1.165) is 16.7 Å². The molecule has 1 aromatic heterocycles. The van der Waals surface area contributed by atoms with Crippen LogP contribution >= 0.6 is 11.6 Å². The maximum absolute atomic E-state index is 12.1. The van der Waals surface area contributed by atoms with E-state index in [1.165, 1.54) is 6.21 Å². The Labute approximate surface area is 175 Å². The summed E-state index contributed by atoms with van der Waals surface area (Å²) in [5.74, 6) is 1.28. The predicted molar refractivity (Wildman–Crippen MR) is 116 cm³/mol. The lowest BCUT2D eigenvalue weighted by molar-refractivity contribution is -0.123. The minimum absolute atomic E-state index is 0.130. The number of amides is 1. The number of nitrogens with zero attached hydrogens (tertiary/aromatic N) is 1. The molecule has 3 aromatic rings. The summed E-state index contributed by atoms with van der Waals surface area (Å²) in [6.45, 7) is 6.02. The number of rotatable bonds is 7. The number of carbonyl (C=O) groups excluding carboxylic acids is 1. The second-order valence-corrected chi connectivity index (χ2v) is 7.33. The third-order valence-corrected chi connectivity index (χ3v) is 4.61. The molecule has 0 bridgehead atoms. The lowest BCUT2D eigenvalue weighted by atomic mass is 10.0. The van der Waals surface area contributed by atoms with Crippen LogP contribution in [0.2, 0.25) is 5.22 Å². The van der Waals surface area contributed by atoms with Crippen molar-refractivity contribution in [2.45, 2.75) is 26.7 Å². The van der Waals surface area contributed by atoms with Crippen molar-refractivity contribution in [3.63, 3.8) is 0 Å². The zero-order chi connectivity index (χ0) is 20.8. The average Bonchev–Trinajstić information content (AvgIpc) is 3.07. The van der Waals surface area contributed by atoms with Gasteiger partial charge in [-0.25, -0.2) is 5.43 Å². The first-order valence-electron chi connectivity index (χ1n) is 9.34. The standard InChI is InChI=1S/C23H23ClN2O3/c1-15(2)19-10-9-16(3)11-21(19)28-14-22(27)26-25-13-18-12-20(29-23(18)24)17-7-5-4-6-8-17/h4-13,15H,14H2,1-3H3,(H,26,27)/b25-13-. The van der Waals surface area contributed by atoms with Crippen molar-refractivity contribution in [2.75, 3.05) is 6.61 Å². The highest BCUT2D eigenvalue weighted by molar-refractivity contribution is 6.31. The summed E-state index contributed by atoms with van der Waals surface area (Å²) in [5, 5.41) is 4.16. The van der Waals surface area contributed by atoms with E-state index in [2.05, 4.69) is 24.4 Å². The summed E-state index contributed by atoms with van der Waals surface area (Å²) >= 11 is 6.12. The Morgan fingerprint density at radius 2 is 1.97 bits per heavy atom. The van der Waals surface area contributed by atoms with E-state index in [0.29, 0.717) is 23.0 Å². The van der Waals surface area contributed by atoms with Crippen LogP contribution in [0.3, 0.4) is 0 Å². The van der Waals surface area contributed by atoms with Crippen LogP contribution in [0.15, 0.2) is 64.1 Å². The van der Waals surface area contributed by atoms with Gasteiger partial charge in [0.25, 0.3) is 5.91 Å². The fraction of sp³-hybridized carbons (Fsp3) is 0.217. The summed E-state index contributed by atoms with van der Waals surface area (Å²) in [6.07, 6.45) is 1.45. The molecule has 0 spiro atoms. The Morgan fingerprint density at radius 3 is 2.69 bits per heavy atom. The number of aryl methyl sites for hydroxylation is 1. The number of hydrazone groups is 1. The maximum atomic E-state index is 12.1. The van der Waals surface area contributed by atoms with Gasteiger partial charge >= 0.3 is 0 Å². The molecule has 0 fully saturated rings. The number of ether oxygens (including phenoxy) is 1. The Kier molecular flexibility index (Phi) is 6.73. The van der Waals surface area contributed by atoms with E-state index in [1.54, 1.807) is 6.07 Å². The van der Waals surface area contributed by atoms with Crippen LogP contribution in [0, 0.1) is 6.92 Å². The van der Waals surface area contributed by atoms with Crippen molar-refractivity contribution in [3.05, 3.63) is 76.5 Å². The van der Waals surface area contributed by atoms with Crippen LogP contribution in [0.1, 0.15) is 36.5 Å². The zero-order valence-electron chi connectivity index (χ0n) is 16.6. The molecule has 0 unspecified atom stereocenters. The third kappa shape index (κ3) is 5.48. The summed E-state index contributed by atoms with van der Waals surface area (Å²) in [5.41, 5.74) is 6.07. The highest BCUT2D eigenvalue weighted by Gasteiger charge is 2.11. The summed E-state index contributed by atoms with van der Waals surface area (Å²) in [6, 6.07) is 17.4. The van der Waals surface area contributed by atoms with E-state index >= 15 is 0 Å². The number of halogens is 1. The molecule has 0 aliphatic heterocycles. The maximum Gasteiger partial charge on any atom is 0.277 e. The van der Waals surface area contributed by atoms with Gasteiger partial charge < -0.3 is 9.15 Å². The fourth-order valence-electron chi connectivity index (χ4n) is 2.81. The molecule has 2 aromatic carbocycles. The second-order valence-electron chi connectivity index (χ2n) is 6.98. The molecule has 0 radical (unpaired) electrons. The van der Waals surface area contributed by atoms with E-state index in [4.69, 9.17) is 20.8 Å². The lowest BCUT2D eigenvalue weighted by Crippen LogP contribution is -2.25. The number of nitrogens with one attached hydrogen (secondary N) is 1. The van der Waals surface area contributed by atoms with Crippen LogP contribution in [-0.2, 0) is 4.79 Å². The van der Waals surface area contributed by atoms with E-state index < -0.39 is 0 Å². The number of benzene rings is 2. The van der Waals surface area contributed by atoms with Gasteiger partial charge in [0.15, 0.2) is 6.61 Å². The van der Waals surface area contributed by atoms with Gasteiger partial charge in [-0.15, -0.1) is 0 Å². The monoisotopic (exact) mass is 410 g/mol. The largest absolute Gasteiger partial charge is 0.483 e. The molecule has 5 nitrogen and oxygen atoms in total. The third-order valence-electron chi connectivity index (χ3n) is 4.31. The highest BCUT2D eigenvalue weighted by Crippen LogP contribution is 2.28. The van der Waals surface area contributed by atoms with Crippen molar-refractivity contribution < 1.29 is 13.9 Å². The van der Waals surface area contributed by atoms with Gasteiger partial charge in [-0.2, -0.15) is 5.10 Å². The first-order valence-corrected chi connectivity index (χ1v) is 9.72. The minimum Gasteiger partial charge on any atom is -0.483 e. The van der Waals surface area contributed by atoms with E-state index in [1.807, 2.05) is 55.5 Å². The zero-order valence-corrected chi connectivity index (χ0v) is 17.4. The van der Waals surface area contributed by atoms with Crippen molar-refractivity contribution in [1.82, 2.24) is 5.43 Å². The molecule has 1 amide bonds. The van der Waals surface area contributed by atoms with Gasteiger partial charge in [-0.3, -0.25) is 4.79 Å². The number of carbonyl (C=O) groups is 1. The van der Waals surface area contributed by atoms with Crippen LogP contribution < -0.4 is 10.2 Å². The van der Waals surface area contributed by atoms with Crippen molar-refractivity contribution >= 4 is 23.7 Å². The Hall–Kier alpha value is -3.05. The Bertz CT molecular complexity index is 1010. The Morgan fingerprint density at radius 1 is 1.21 bits per heavy atom. The van der Waals surface area contributed by atoms with Crippen LogP contribution in [0.25, 0.3) is 11.3 Å². The SMILES string of the molecule is Cc1ccc(C(C)C)c(OCC(=O)N/N=C\c2cc(-c3ccccc3)oc2Cl)c1. The smallest absolute Gasteiger partial charge is 0.277 e. The number of hydrogen-bond acceptors (Lipinski definition) is 4. The van der Waals surface area contributed by atoms with Crippen LogP contribution in [0.5, 0.6) is 5.75 Å². The molecule has 1 heterocycles. The van der Waals surface area contributed by atoms with Gasteiger partial charge in [0, 0.05) is 5.56 Å². The van der Waals surface area contributed by atoms with Crippen LogP contribution in [0.4, 0.5) is 0 Å². The van der Waals surface area contributed by atoms with Gasteiger partial charge in [0.2, 0.25) is 5.22 Å². The first-order chi connectivity index (χ1) is 13.9. The lowest BCUT2D eigenvalue weighted by Gasteiger charge is -2.14. The van der Waals surface area contributed by atoms with Gasteiger partial charge in [0.05, 0.1) is 11.8 Å². The van der Waals surface area contributed by atoms with Gasteiger partial charge in [0.1, 0.15) is 11.5 Å².